The fraction of sp³-hybridized carbons (Fsp3) is 0.636. The standard InChI is InChI=1S/C11H15NO5/c1-2-3-16-9(15)12-6-10-4-11(5-10,8(13)14)17-7-10/h2H,1,3-7H2,(H,12,15)(H,13,14). The molecule has 2 bridgehead atoms. The van der Waals surface area contributed by atoms with Crippen molar-refractivity contribution in [1.29, 1.82) is 0 Å². The highest BCUT2D eigenvalue weighted by Crippen LogP contribution is 2.57. The Morgan fingerprint density at radius 1 is 1.53 bits per heavy atom. The molecule has 2 saturated heterocycles. The summed E-state index contributed by atoms with van der Waals surface area (Å²) in [5, 5.41) is 11.6. The molecule has 94 valence electrons. The lowest BCUT2D eigenvalue weighted by Gasteiger charge is -2.41. The molecule has 0 unspecified atom stereocenters. The highest BCUT2D eigenvalue weighted by Gasteiger charge is 2.66. The minimum absolute atomic E-state index is 0.161. The summed E-state index contributed by atoms with van der Waals surface area (Å²) in [7, 11) is 0. The number of carbonyl (C=O) groups is 2. The fourth-order valence-electron chi connectivity index (χ4n) is 2.49. The van der Waals surface area contributed by atoms with Crippen molar-refractivity contribution in [3.05, 3.63) is 12.7 Å². The Morgan fingerprint density at radius 3 is 2.76 bits per heavy atom. The van der Waals surface area contributed by atoms with Crippen molar-refractivity contribution in [2.45, 2.75) is 18.4 Å². The maximum atomic E-state index is 11.2. The van der Waals surface area contributed by atoms with Crippen LogP contribution in [0.3, 0.4) is 0 Å². The molecule has 0 aromatic heterocycles. The van der Waals surface area contributed by atoms with E-state index in [2.05, 4.69) is 11.9 Å². The first kappa shape index (κ1) is 11.9. The van der Waals surface area contributed by atoms with E-state index in [0.29, 0.717) is 26.0 Å². The van der Waals surface area contributed by atoms with Crippen LogP contribution in [0, 0.1) is 5.41 Å². The van der Waals surface area contributed by atoms with Crippen molar-refractivity contribution in [1.82, 2.24) is 5.32 Å². The van der Waals surface area contributed by atoms with Crippen LogP contribution in [0.2, 0.25) is 0 Å². The number of fused-ring (bicyclic) bond motifs is 1. The number of hydrogen-bond donors (Lipinski definition) is 2. The predicted octanol–water partition coefficient (Wildman–Crippen LogP) is 0.532. The lowest BCUT2D eigenvalue weighted by Crippen LogP contribution is -2.54. The summed E-state index contributed by atoms with van der Waals surface area (Å²) in [4.78, 5) is 22.1. The third-order valence-corrected chi connectivity index (χ3v) is 3.31. The van der Waals surface area contributed by atoms with Gasteiger partial charge in [-0.15, -0.1) is 0 Å². The predicted molar refractivity (Wildman–Crippen MR) is 57.5 cm³/mol. The quantitative estimate of drug-likeness (QED) is 0.686. The van der Waals surface area contributed by atoms with Crippen LogP contribution in [-0.2, 0) is 14.3 Å². The molecule has 1 saturated carbocycles. The number of nitrogens with one attached hydrogen (secondary N) is 1. The molecule has 3 aliphatic rings. The molecule has 17 heavy (non-hydrogen) atoms. The molecular weight excluding hydrogens is 226 g/mol. The SMILES string of the molecule is C=CCOC(=O)NCC12COC(C(=O)O)(C1)C2. The summed E-state index contributed by atoms with van der Waals surface area (Å²) in [6.45, 7) is 4.35. The maximum absolute atomic E-state index is 11.2. The zero-order valence-corrected chi connectivity index (χ0v) is 9.40. The van der Waals surface area contributed by atoms with Crippen LogP contribution < -0.4 is 5.32 Å². The van der Waals surface area contributed by atoms with Crippen LogP contribution in [-0.4, -0.2) is 42.5 Å². The lowest BCUT2D eigenvalue weighted by molar-refractivity contribution is -0.164. The molecule has 6 heteroatoms. The minimum Gasteiger partial charge on any atom is -0.479 e. The van der Waals surface area contributed by atoms with Crippen LogP contribution in [0.15, 0.2) is 12.7 Å². The number of alkyl carbamates (subject to hydrolysis) is 1. The molecule has 2 aliphatic heterocycles. The van der Waals surface area contributed by atoms with Gasteiger partial charge >= 0.3 is 12.1 Å². The van der Waals surface area contributed by atoms with Crippen LogP contribution in [0.5, 0.6) is 0 Å². The Labute approximate surface area is 98.6 Å². The Morgan fingerprint density at radius 2 is 2.24 bits per heavy atom. The van der Waals surface area contributed by atoms with Gasteiger partial charge in [0.15, 0.2) is 5.60 Å². The number of carboxylic acid groups (broad SMARTS) is 1. The van der Waals surface area contributed by atoms with Gasteiger partial charge in [0.05, 0.1) is 6.61 Å². The Bertz CT molecular complexity index is 359. The second kappa shape index (κ2) is 4.03. The first-order valence-electron chi connectivity index (χ1n) is 5.41. The van der Waals surface area contributed by atoms with Gasteiger partial charge in [0.2, 0.25) is 0 Å². The fourth-order valence-corrected chi connectivity index (χ4v) is 2.49. The summed E-state index contributed by atoms with van der Waals surface area (Å²) < 4.78 is 10.0. The van der Waals surface area contributed by atoms with Crippen LogP contribution in [0.1, 0.15) is 12.8 Å². The third kappa shape index (κ3) is 2.00. The highest BCUT2D eigenvalue weighted by atomic mass is 16.6. The summed E-state index contributed by atoms with van der Waals surface area (Å²) >= 11 is 0. The molecule has 1 aliphatic carbocycles. The van der Waals surface area contributed by atoms with Crippen LogP contribution in [0.25, 0.3) is 0 Å². The van der Waals surface area contributed by atoms with E-state index in [-0.39, 0.29) is 12.0 Å². The van der Waals surface area contributed by atoms with E-state index in [1.807, 2.05) is 0 Å². The van der Waals surface area contributed by atoms with Crippen molar-refractivity contribution >= 4 is 12.1 Å². The molecule has 0 spiro atoms. The van der Waals surface area contributed by atoms with E-state index in [1.165, 1.54) is 6.08 Å². The van der Waals surface area contributed by atoms with Gasteiger partial charge in [-0.05, 0) is 12.8 Å². The molecule has 3 fully saturated rings. The topological polar surface area (TPSA) is 84.9 Å². The van der Waals surface area contributed by atoms with E-state index in [1.54, 1.807) is 0 Å². The average molecular weight is 241 g/mol. The van der Waals surface area contributed by atoms with E-state index in [4.69, 9.17) is 14.6 Å². The van der Waals surface area contributed by atoms with E-state index in [0.717, 1.165) is 0 Å². The number of aliphatic carboxylic acids is 1. The Kier molecular flexibility index (Phi) is 2.82. The molecule has 0 radical (unpaired) electrons. The second-order valence-corrected chi connectivity index (χ2v) is 4.68. The molecule has 2 N–H and O–H groups in total. The molecule has 2 heterocycles. The summed E-state index contributed by atoms with van der Waals surface area (Å²) in [5.74, 6) is -0.917. The first-order valence-corrected chi connectivity index (χ1v) is 5.41. The maximum Gasteiger partial charge on any atom is 0.407 e. The van der Waals surface area contributed by atoms with Gasteiger partial charge in [0.1, 0.15) is 6.61 Å². The van der Waals surface area contributed by atoms with E-state index >= 15 is 0 Å². The summed E-state index contributed by atoms with van der Waals surface area (Å²) in [6.07, 6.45) is 1.88. The number of hydrogen-bond acceptors (Lipinski definition) is 4. The summed E-state index contributed by atoms with van der Waals surface area (Å²) in [5.41, 5.74) is -1.24. The monoisotopic (exact) mass is 241 g/mol. The number of carbonyl (C=O) groups excluding carboxylic acids is 1. The van der Waals surface area contributed by atoms with Gasteiger partial charge in [0, 0.05) is 12.0 Å². The lowest BCUT2D eigenvalue weighted by atomic mass is 9.62. The molecule has 0 aromatic carbocycles. The molecular formula is C11H15NO5. The number of ether oxygens (including phenoxy) is 2. The van der Waals surface area contributed by atoms with Gasteiger partial charge in [0.25, 0.3) is 0 Å². The van der Waals surface area contributed by atoms with Crippen LogP contribution in [0.4, 0.5) is 4.79 Å². The molecule has 0 atom stereocenters. The Hall–Kier alpha value is -1.56. The van der Waals surface area contributed by atoms with Crippen molar-refractivity contribution in [3.8, 4) is 0 Å². The second-order valence-electron chi connectivity index (χ2n) is 4.68. The van der Waals surface area contributed by atoms with Gasteiger partial charge in [-0.2, -0.15) is 0 Å². The molecule has 6 nitrogen and oxygen atoms in total. The van der Waals surface area contributed by atoms with Crippen molar-refractivity contribution in [3.63, 3.8) is 0 Å². The third-order valence-electron chi connectivity index (χ3n) is 3.31. The van der Waals surface area contributed by atoms with E-state index in [9.17, 15) is 9.59 Å². The number of amides is 1. The van der Waals surface area contributed by atoms with Gasteiger partial charge in [-0.25, -0.2) is 9.59 Å². The van der Waals surface area contributed by atoms with Gasteiger partial charge in [-0.1, -0.05) is 12.7 Å². The average Bonchev–Trinajstić information content (AvgIpc) is 2.79. The van der Waals surface area contributed by atoms with Gasteiger partial charge < -0.3 is 19.9 Å². The largest absolute Gasteiger partial charge is 0.479 e. The van der Waals surface area contributed by atoms with Gasteiger partial charge in [-0.3, -0.25) is 0 Å². The van der Waals surface area contributed by atoms with Crippen molar-refractivity contribution < 1.29 is 24.2 Å². The Balaban J connectivity index is 1.78. The smallest absolute Gasteiger partial charge is 0.407 e. The summed E-state index contributed by atoms with van der Waals surface area (Å²) in [6, 6.07) is 0. The number of rotatable bonds is 5. The number of carboxylic acids is 1. The zero-order chi connectivity index (χ0) is 12.5. The van der Waals surface area contributed by atoms with Crippen molar-refractivity contribution in [2.24, 2.45) is 5.41 Å². The first-order chi connectivity index (χ1) is 8.02. The zero-order valence-electron chi connectivity index (χ0n) is 9.40. The molecule has 0 aromatic rings. The molecule has 1 amide bonds. The van der Waals surface area contributed by atoms with E-state index < -0.39 is 17.7 Å². The molecule has 3 rings (SSSR count). The van der Waals surface area contributed by atoms with Crippen LogP contribution >= 0.6 is 0 Å². The van der Waals surface area contributed by atoms with Crippen molar-refractivity contribution in [2.75, 3.05) is 19.8 Å². The minimum atomic E-state index is -1.01. The normalized spacial score (nSPS) is 33.6. The highest BCUT2D eigenvalue weighted by molar-refractivity contribution is 5.80.